The third-order valence-corrected chi connectivity index (χ3v) is 7.53. The van der Waals surface area contributed by atoms with Gasteiger partial charge in [0.2, 0.25) is 0 Å². The molecule has 196 valence electrons. The summed E-state index contributed by atoms with van der Waals surface area (Å²) >= 11 is 0. The summed E-state index contributed by atoms with van der Waals surface area (Å²) in [5.74, 6) is -1.05. The number of rotatable bonds is 4. The zero-order valence-corrected chi connectivity index (χ0v) is 21.5. The van der Waals surface area contributed by atoms with Gasteiger partial charge < -0.3 is 15.7 Å². The van der Waals surface area contributed by atoms with Gasteiger partial charge in [0.1, 0.15) is 0 Å². The van der Waals surface area contributed by atoms with Gasteiger partial charge >= 0.3 is 0 Å². The Balaban J connectivity index is 1.45. The lowest BCUT2D eigenvalue weighted by molar-refractivity contribution is 0.100. The summed E-state index contributed by atoms with van der Waals surface area (Å²) in [6.45, 7) is 0. The van der Waals surface area contributed by atoms with E-state index >= 15 is 0 Å². The number of pyridine rings is 2. The molecule has 4 N–H and O–H groups in total. The molecule has 0 saturated carbocycles. The molecule has 0 bridgehead atoms. The number of anilines is 1. The topological polar surface area (TPSA) is 126 Å². The average molecular weight is 536 g/mol. The second-order valence-corrected chi connectivity index (χ2v) is 9.88. The second-order valence-electron chi connectivity index (χ2n) is 9.88. The molecule has 0 amide bonds. The van der Waals surface area contributed by atoms with Crippen molar-refractivity contribution in [1.29, 1.82) is 0 Å². The van der Waals surface area contributed by atoms with Crippen molar-refractivity contribution in [2.45, 2.75) is 0 Å². The third-order valence-electron chi connectivity index (χ3n) is 7.53. The second kappa shape index (κ2) is 9.14. The monoisotopic (exact) mass is 535 g/mol. The van der Waals surface area contributed by atoms with Gasteiger partial charge in [-0.3, -0.25) is 19.2 Å². The van der Waals surface area contributed by atoms with Crippen LogP contribution in [0.5, 0.6) is 0 Å². The number of nitrogen functional groups attached to an aromatic ring is 1. The van der Waals surface area contributed by atoms with Crippen LogP contribution in [0.2, 0.25) is 0 Å². The number of hydrogen-bond donors (Lipinski definition) is 3. The summed E-state index contributed by atoms with van der Waals surface area (Å²) in [6, 6.07) is 28.8. The van der Waals surface area contributed by atoms with Gasteiger partial charge in [-0.15, -0.1) is 0 Å². The maximum Gasteiger partial charge on any atom is 0.198 e. The quantitative estimate of drug-likeness (QED) is 0.151. The molecule has 0 radical (unpaired) electrons. The minimum absolute atomic E-state index is 0.0246. The average Bonchev–Trinajstić information content (AvgIpc) is 3.00. The van der Waals surface area contributed by atoms with E-state index in [1.54, 1.807) is 84.9 Å². The Morgan fingerprint density at radius 2 is 0.976 bits per heavy atom. The van der Waals surface area contributed by atoms with Crippen molar-refractivity contribution in [3.8, 4) is 0 Å². The smallest absolute Gasteiger partial charge is 0.198 e. The van der Waals surface area contributed by atoms with Gasteiger partial charge in [-0.2, -0.15) is 0 Å². The van der Waals surface area contributed by atoms with Gasteiger partial charge in [0.25, 0.3) is 0 Å². The molecule has 0 spiro atoms. The maximum atomic E-state index is 14.2. The molecule has 0 fully saturated rings. The molecule has 0 atom stereocenters. The molecular weight excluding hydrogens is 514 g/mol. The summed E-state index contributed by atoms with van der Waals surface area (Å²) < 4.78 is 0. The van der Waals surface area contributed by atoms with E-state index in [2.05, 4.69) is 9.97 Å². The first kappa shape index (κ1) is 24.2. The van der Waals surface area contributed by atoms with Gasteiger partial charge in [-0.25, -0.2) is 0 Å². The Morgan fingerprint density at radius 3 is 1.63 bits per heavy atom. The van der Waals surface area contributed by atoms with Crippen LogP contribution in [0.3, 0.4) is 0 Å². The van der Waals surface area contributed by atoms with E-state index in [4.69, 9.17) is 5.73 Å². The van der Waals surface area contributed by atoms with Crippen molar-refractivity contribution in [2.75, 3.05) is 5.73 Å². The van der Waals surface area contributed by atoms with Gasteiger partial charge in [0.05, 0.1) is 27.4 Å². The number of aromatic amines is 2. The first-order chi connectivity index (χ1) is 19.9. The third kappa shape index (κ3) is 3.67. The Morgan fingerprint density at radius 1 is 0.488 bits per heavy atom. The number of para-hydroxylation sites is 2. The fourth-order valence-corrected chi connectivity index (χ4v) is 5.59. The molecule has 0 unspecified atom stereocenters. The fourth-order valence-electron chi connectivity index (χ4n) is 5.59. The Kier molecular flexibility index (Phi) is 5.40. The molecule has 0 aliphatic heterocycles. The predicted octanol–water partition coefficient (Wildman–Crippen LogP) is 5.72. The lowest BCUT2D eigenvalue weighted by Crippen LogP contribution is -2.17. The number of benzene rings is 5. The number of fused-ring (bicyclic) bond motifs is 4. The standard InChI is InChI=1S/C34H21N3O4/c35-23-16-17-27-30(34(41)21-11-4-6-14-25(21)37-27)29(23)32(39)19-9-2-1-8-18(19)31(38)22-12-7-15-26-28(22)33(40)20-10-3-5-13-24(20)36-26/h1-17H,35H2,(H,36,40)(H,37,41). The van der Waals surface area contributed by atoms with Crippen molar-refractivity contribution < 1.29 is 9.59 Å². The molecular formula is C34H21N3O4. The number of ketones is 2. The first-order valence-corrected chi connectivity index (χ1v) is 13.0. The lowest BCUT2D eigenvalue weighted by atomic mass is 9.89. The van der Waals surface area contributed by atoms with Crippen LogP contribution < -0.4 is 16.6 Å². The summed E-state index contributed by atoms with van der Waals surface area (Å²) in [5, 5.41) is 1.28. The van der Waals surface area contributed by atoms with E-state index in [1.165, 1.54) is 6.07 Å². The van der Waals surface area contributed by atoms with Crippen LogP contribution in [0.4, 0.5) is 5.69 Å². The first-order valence-electron chi connectivity index (χ1n) is 13.0. The van der Waals surface area contributed by atoms with Crippen molar-refractivity contribution in [3.63, 3.8) is 0 Å². The Labute approximate surface area is 231 Å². The molecule has 2 heterocycles. The highest BCUT2D eigenvalue weighted by Gasteiger charge is 2.25. The number of hydrogen-bond acceptors (Lipinski definition) is 5. The summed E-state index contributed by atoms with van der Waals surface area (Å²) in [7, 11) is 0. The summed E-state index contributed by atoms with van der Waals surface area (Å²) in [5.41, 5.74) is 8.48. The van der Waals surface area contributed by atoms with E-state index in [9.17, 15) is 19.2 Å². The molecule has 7 nitrogen and oxygen atoms in total. The molecule has 7 rings (SSSR count). The van der Waals surface area contributed by atoms with Crippen LogP contribution in [-0.4, -0.2) is 21.5 Å². The van der Waals surface area contributed by atoms with Crippen molar-refractivity contribution >= 4 is 60.9 Å². The zero-order chi connectivity index (χ0) is 28.2. The van der Waals surface area contributed by atoms with E-state index < -0.39 is 11.6 Å². The van der Waals surface area contributed by atoms with Crippen molar-refractivity contribution in [3.05, 3.63) is 146 Å². The largest absolute Gasteiger partial charge is 0.398 e. The highest BCUT2D eigenvalue weighted by atomic mass is 16.1. The fraction of sp³-hybridized carbons (Fsp3) is 0. The molecule has 0 aliphatic carbocycles. The maximum absolute atomic E-state index is 14.2. The number of nitrogens with two attached hydrogens (primary N) is 1. The highest BCUT2D eigenvalue weighted by Crippen LogP contribution is 2.29. The molecule has 41 heavy (non-hydrogen) atoms. The molecule has 7 aromatic rings. The number of carbonyl (C=O) groups is 2. The SMILES string of the molecule is Nc1ccc2[nH]c3ccccc3c(=O)c2c1C(=O)c1ccccc1C(=O)c1cccc2[nH]c3ccccc3c(=O)c12. The van der Waals surface area contributed by atoms with Crippen LogP contribution in [0.1, 0.15) is 31.8 Å². The Hall–Kier alpha value is -5.82. The van der Waals surface area contributed by atoms with E-state index in [0.29, 0.717) is 32.8 Å². The highest BCUT2D eigenvalue weighted by molar-refractivity contribution is 6.26. The van der Waals surface area contributed by atoms with Gasteiger partial charge in [0.15, 0.2) is 22.4 Å². The lowest BCUT2D eigenvalue weighted by Gasteiger charge is -2.13. The van der Waals surface area contributed by atoms with Crippen molar-refractivity contribution in [1.82, 2.24) is 9.97 Å². The van der Waals surface area contributed by atoms with Crippen LogP contribution in [0, 0.1) is 0 Å². The minimum Gasteiger partial charge on any atom is -0.398 e. The van der Waals surface area contributed by atoms with E-state index in [1.807, 2.05) is 12.1 Å². The summed E-state index contributed by atoms with van der Waals surface area (Å²) in [6.07, 6.45) is 0. The molecule has 0 saturated heterocycles. The van der Waals surface area contributed by atoms with Crippen molar-refractivity contribution in [2.24, 2.45) is 0 Å². The normalized spacial score (nSPS) is 11.4. The van der Waals surface area contributed by atoms with E-state index in [0.717, 1.165) is 0 Å². The van der Waals surface area contributed by atoms with E-state index in [-0.39, 0.29) is 49.6 Å². The number of nitrogens with one attached hydrogen (secondary N) is 2. The molecule has 2 aromatic heterocycles. The Bertz CT molecular complexity index is 2370. The number of carbonyl (C=O) groups excluding carboxylic acids is 2. The van der Waals surface area contributed by atoms with Crippen LogP contribution in [0.15, 0.2) is 113 Å². The zero-order valence-electron chi connectivity index (χ0n) is 21.5. The van der Waals surface area contributed by atoms with Gasteiger partial charge in [-0.1, -0.05) is 60.7 Å². The molecule has 5 aromatic carbocycles. The van der Waals surface area contributed by atoms with Gasteiger partial charge in [0, 0.05) is 44.2 Å². The minimum atomic E-state index is -0.558. The molecule has 7 heteroatoms. The summed E-state index contributed by atoms with van der Waals surface area (Å²) in [4.78, 5) is 61.8. The van der Waals surface area contributed by atoms with Crippen LogP contribution >= 0.6 is 0 Å². The van der Waals surface area contributed by atoms with Crippen LogP contribution in [-0.2, 0) is 0 Å². The molecule has 0 aliphatic rings. The van der Waals surface area contributed by atoms with Gasteiger partial charge in [-0.05, 0) is 42.5 Å². The predicted molar refractivity (Wildman–Crippen MR) is 162 cm³/mol. The van der Waals surface area contributed by atoms with Crippen LogP contribution in [0.25, 0.3) is 43.6 Å². The number of H-pyrrole nitrogens is 2. The number of aromatic nitrogens is 2.